The van der Waals surface area contributed by atoms with Gasteiger partial charge in [0.15, 0.2) is 0 Å². The summed E-state index contributed by atoms with van der Waals surface area (Å²) in [6.45, 7) is 0.365. The highest BCUT2D eigenvalue weighted by molar-refractivity contribution is 5.29. The maximum atomic E-state index is 13.0. The van der Waals surface area contributed by atoms with Crippen molar-refractivity contribution in [3.05, 3.63) is 35.1 Å². The van der Waals surface area contributed by atoms with Crippen molar-refractivity contribution in [2.24, 2.45) is 5.73 Å². The summed E-state index contributed by atoms with van der Waals surface area (Å²) >= 11 is 0. The zero-order valence-electron chi connectivity index (χ0n) is 9.93. The quantitative estimate of drug-likeness (QED) is 0.656. The SMILES string of the molecule is Cc1ccc(F)cc1C(N)CCOCC(F)(F)F. The highest BCUT2D eigenvalue weighted by Crippen LogP contribution is 2.20. The molecular formula is C12H15F4NO. The molecule has 0 heterocycles. The van der Waals surface area contributed by atoms with E-state index in [-0.39, 0.29) is 13.0 Å². The minimum absolute atomic E-state index is 0.114. The molecule has 0 aliphatic heterocycles. The van der Waals surface area contributed by atoms with E-state index in [0.717, 1.165) is 5.56 Å². The molecule has 0 fully saturated rings. The van der Waals surface area contributed by atoms with Crippen molar-refractivity contribution in [2.45, 2.75) is 25.6 Å². The summed E-state index contributed by atoms with van der Waals surface area (Å²) in [6.07, 6.45) is -4.13. The highest BCUT2D eigenvalue weighted by Gasteiger charge is 2.27. The topological polar surface area (TPSA) is 35.2 Å². The van der Waals surface area contributed by atoms with Gasteiger partial charge in [-0.3, -0.25) is 0 Å². The Kier molecular flexibility index (Phi) is 5.10. The van der Waals surface area contributed by atoms with Gasteiger partial charge in [-0.25, -0.2) is 4.39 Å². The van der Waals surface area contributed by atoms with E-state index in [1.165, 1.54) is 12.1 Å². The average molecular weight is 265 g/mol. The molecule has 1 aromatic carbocycles. The maximum Gasteiger partial charge on any atom is 0.411 e. The molecule has 1 unspecified atom stereocenters. The van der Waals surface area contributed by atoms with E-state index < -0.39 is 24.6 Å². The van der Waals surface area contributed by atoms with Gasteiger partial charge in [-0.2, -0.15) is 13.2 Å². The molecule has 1 atom stereocenters. The Morgan fingerprint density at radius 1 is 1.33 bits per heavy atom. The number of rotatable bonds is 5. The summed E-state index contributed by atoms with van der Waals surface area (Å²) in [5.74, 6) is -0.415. The molecular weight excluding hydrogens is 250 g/mol. The van der Waals surface area contributed by atoms with Gasteiger partial charge in [0, 0.05) is 12.6 Å². The number of ether oxygens (including phenoxy) is 1. The molecule has 102 valence electrons. The predicted octanol–water partition coefficient (Wildman–Crippen LogP) is 3.10. The molecule has 1 aromatic rings. The summed E-state index contributed by atoms with van der Waals surface area (Å²) in [5.41, 5.74) is 7.18. The van der Waals surface area contributed by atoms with Crippen molar-refractivity contribution in [1.29, 1.82) is 0 Å². The van der Waals surface area contributed by atoms with Crippen molar-refractivity contribution < 1.29 is 22.3 Å². The van der Waals surface area contributed by atoms with Crippen LogP contribution in [0.5, 0.6) is 0 Å². The molecule has 1 rings (SSSR count). The van der Waals surface area contributed by atoms with Gasteiger partial charge < -0.3 is 10.5 Å². The highest BCUT2D eigenvalue weighted by atomic mass is 19.4. The van der Waals surface area contributed by atoms with Gasteiger partial charge in [-0.15, -0.1) is 0 Å². The molecule has 0 saturated heterocycles. The number of nitrogens with two attached hydrogens (primary N) is 1. The Balaban J connectivity index is 2.45. The Labute approximate surface area is 103 Å². The molecule has 2 nitrogen and oxygen atoms in total. The van der Waals surface area contributed by atoms with Gasteiger partial charge in [0.1, 0.15) is 12.4 Å². The summed E-state index contributed by atoms with van der Waals surface area (Å²) in [6, 6.07) is 3.66. The predicted molar refractivity (Wildman–Crippen MR) is 59.6 cm³/mol. The van der Waals surface area contributed by atoms with Gasteiger partial charge in [0.05, 0.1) is 0 Å². The minimum atomic E-state index is -4.33. The van der Waals surface area contributed by atoms with E-state index >= 15 is 0 Å². The smallest absolute Gasteiger partial charge is 0.372 e. The second-order valence-electron chi connectivity index (χ2n) is 4.06. The van der Waals surface area contributed by atoms with Crippen LogP contribution in [-0.2, 0) is 4.74 Å². The van der Waals surface area contributed by atoms with Crippen molar-refractivity contribution in [1.82, 2.24) is 0 Å². The molecule has 0 aliphatic carbocycles. The number of benzene rings is 1. The first kappa shape index (κ1) is 14.9. The van der Waals surface area contributed by atoms with Crippen molar-refractivity contribution in [3.8, 4) is 0 Å². The van der Waals surface area contributed by atoms with Crippen LogP contribution in [0, 0.1) is 12.7 Å². The molecule has 0 aliphatic rings. The summed E-state index contributed by atoms with van der Waals surface area (Å²) in [4.78, 5) is 0. The van der Waals surface area contributed by atoms with Crippen LogP contribution >= 0.6 is 0 Å². The van der Waals surface area contributed by atoms with Crippen LogP contribution in [0.2, 0.25) is 0 Å². The van der Waals surface area contributed by atoms with Gasteiger partial charge in [-0.1, -0.05) is 6.07 Å². The van der Waals surface area contributed by atoms with E-state index in [1.807, 2.05) is 0 Å². The molecule has 0 radical (unpaired) electrons. The van der Waals surface area contributed by atoms with Gasteiger partial charge in [0.25, 0.3) is 0 Å². The zero-order chi connectivity index (χ0) is 13.8. The fraction of sp³-hybridized carbons (Fsp3) is 0.500. The first-order chi connectivity index (χ1) is 8.29. The van der Waals surface area contributed by atoms with Gasteiger partial charge in [-0.05, 0) is 36.6 Å². The summed E-state index contributed by atoms with van der Waals surface area (Å²) < 4.78 is 52.9. The number of hydrogen-bond donors (Lipinski definition) is 1. The lowest BCUT2D eigenvalue weighted by atomic mass is 10.00. The van der Waals surface area contributed by atoms with Crippen LogP contribution in [0.15, 0.2) is 18.2 Å². The average Bonchev–Trinajstić information content (AvgIpc) is 2.26. The Morgan fingerprint density at radius 3 is 2.61 bits per heavy atom. The standard InChI is InChI=1S/C12H15F4NO/c1-8-2-3-9(13)6-10(8)11(17)4-5-18-7-12(14,15)16/h2-3,6,11H,4-5,7,17H2,1H3. The van der Waals surface area contributed by atoms with Crippen LogP contribution in [0.25, 0.3) is 0 Å². The molecule has 2 N–H and O–H groups in total. The minimum Gasteiger partial charge on any atom is -0.372 e. The fourth-order valence-corrected chi connectivity index (χ4v) is 1.56. The second-order valence-corrected chi connectivity index (χ2v) is 4.06. The summed E-state index contributed by atoms with van der Waals surface area (Å²) in [5, 5.41) is 0. The van der Waals surface area contributed by atoms with Crippen LogP contribution < -0.4 is 5.73 Å². The number of halogens is 4. The first-order valence-electron chi connectivity index (χ1n) is 5.46. The molecule has 6 heteroatoms. The lowest BCUT2D eigenvalue weighted by molar-refractivity contribution is -0.174. The third-order valence-electron chi connectivity index (χ3n) is 2.48. The third kappa shape index (κ3) is 5.01. The summed E-state index contributed by atoms with van der Waals surface area (Å²) in [7, 11) is 0. The zero-order valence-corrected chi connectivity index (χ0v) is 9.93. The van der Waals surface area contributed by atoms with Gasteiger partial charge >= 0.3 is 6.18 Å². The maximum absolute atomic E-state index is 13.0. The lowest BCUT2D eigenvalue weighted by Crippen LogP contribution is -2.20. The number of hydrogen-bond acceptors (Lipinski definition) is 2. The molecule has 0 amide bonds. The number of aryl methyl sites for hydroxylation is 1. The third-order valence-corrected chi connectivity index (χ3v) is 2.48. The molecule has 0 bridgehead atoms. The van der Waals surface area contributed by atoms with Crippen molar-refractivity contribution in [2.75, 3.05) is 13.2 Å². The van der Waals surface area contributed by atoms with Crippen LogP contribution in [0.3, 0.4) is 0 Å². The van der Waals surface area contributed by atoms with Gasteiger partial charge in [0.2, 0.25) is 0 Å². The molecule has 0 aromatic heterocycles. The molecule has 18 heavy (non-hydrogen) atoms. The van der Waals surface area contributed by atoms with E-state index in [0.29, 0.717) is 5.56 Å². The number of alkyl halides is 3. The lowest BCUT2D eigenvalue weighted by Gasteiger charge is -2.15. The van der Waals surface area contributed by atoms with Crippen LogP contribution in [0.1, 0.15) is 23.6 Å². The molecule has 0 saturated carbocycles. The largest absolute Gasteiger partial charge is 0.411 e. The van der Waals surface area contributed by atoms with E-state index in [1.54, 1.807) is 13.0 Å². The van der Waals surface area contributed by atoms with Crippen LogP contribution in [0.4, 0.5) is 17.6 Å². The first-order valence-corrected chi connectivity index (χ1v) is 5.46. The Hall–Kier alpha value is -1.14. The normalized spacial score (nSPS) is 13.7. The van der Waals surface area contributed by atoms with Crippen molar-refractivity contribution >= 4 is 0 Å². The second kappa shape index (κ2) is 6.15. The molecule has 0 spiro atoms. The van der Waals surface area contributed by atoms with E-state index in [9.17, 15) is 17.6 Å². The monoisotopic (exact) mass is 265 g/mol. The Morgan fingerprint density at radius 2 is 2.00 bits per heavy atom. The van der Waals surface area contributed by atoms with Crippen molar-refractivity contribution in [3.63, 3.8) is 0 Å². The van der Waals surface area contributed by atoms with E-state index in [2.05, 4.69) is 4.74 Å². The van der Waals surface area contributed by atoms with Crippen LogP contribution in [-0.4, -0.2) is 19.4 Å². The van der Waals surface area contributed by atoms with E-state index in [4.69, 9.17) is 5.73 Å². The fourth-order valence-electron chi connectivity index (χ4n) is 1.56. The Bertz CT molecular complexity index is 392.